The van der Waals surface area contributed by atoms with Gasteiger partial charge in [-0.1, -0.05) is 6.58 Å². The zero-order valence-electron chi connectivity index (χ0n) is 9.28. The maximum atomic E-state index is 11.6. The summed E-state index contributed by atoms with van der Waals surface area (Å²) in [7, 11) is 0. The number of carbonyl (C=O) groups is 2. The minimum absolute atomic E-state index is 0.0444. The molecule has 0 aromatic heterocycles. The third-order valence-electron chi connectivity index (χ3n) is 1.75. The molecule has 16 heavy (non-hydrogen) atoms. The molecule has 2 amide bonds. The summed E-state index contributed by atoms with van der Waals surface area (Å²) in [4.78, 5) is 22.6. The van der Waals surface area contributed by atoms with E-state index in [4.69, 9.17) is 4.55 Å². The van der Waals surface area contributed by atoms with Crippen molar-refractivity contribution in [1.29, 1.82) is 0 Å². The smallest absolute Gasteiger partial charge is 0.245 e. The molecule has 7 heteroatoms. The van der Waals surface area contributed by atoms with Crippen molar-refractivity contribution < 1.29 is 18.4 Å². The van der Waals surface area contributed by atoms with Crippen molar-refractivity contribution in [3.05, 3.63) is 12.7 Å². The second-order valence-corrected chi connectivity index (χ2v) is 4.65. The van der Waals surface area contributed by atoms with Crippen molar-refractivity contribution in [2.45, 2.75) is 19.4 Å². The van der Waals surface area contributed by atoms with Gasteiger partial charge in [-0.2, -0.15) is 0 Å². The molecule has 0 saturated heterocycles. The molecule has 0 rings (SSSR count). The van der Waals surface area contributed by atoms with E-state index in [1.165, 1.54) is 13.8 Å². The Hall–Kier alpha value is -1.21. The third kappa shape index (κ3) is 5.62. The number of amides is 2. The Morgan fingerprint density at radius 3 is 2.50 bits per heavy atom. The van der Waals surface area contributed by atoms with Gasteiger partial charge in [-0.05, 0) is 19.9 Å². The van der Waals surface area contributed by atoms with Crippen LogP contribution in [0.1, 0.15) is 13.8 Å². The highest BCUT2D eigenvalue weighted by Crippen LogP contribution is 2.01. The summed E-state index contributed by atoms with van der Waals surface area (Å²) < 4.78 is 18.8. The van der Waals surface area contributed by atoms with Crippen molar-refractivity contribution in [3.8, 4) is 0 Å². The largest absolute Gasteiger partial charge is 0.353 e. The van der Waals surface area contributed by atoms with Gasteiger partial charge in [-0.15, -0.1) is 0 Å². The molecule has 92 valence electrons. The second kappa shape index (κ2) is 6.39. The van der Waals surface area contributed by atoms with Gasteiger partial charge in [-0.3, -0.25) is 9.59 Å². The molecule has 0 fully saturated rings. The minimum Gasteiger partial charge on any atom is -0.353 e. The van der Waals surface area contributed by atoms with Gasteiger partial charge in [0.1, 0.15) is 5.54 Å². The molecule has 6 nitrogen and oxygen atoms in total. The van der Waals surface area contributed by atoms with Crippen LogP contribution in [-0.2, 0) is 20.7 Å². The van der Waals surface area contributed by atoms with E-state index >= 15 is 0 Å². The Bertz CT molecular complexity index is 315. The van der Waals surface area contributed by atoms with Crippen molar-refractivity contribution in [2.24, 2.45) is 0 Å². The summed E-state index contributed by atoms with van der Waals surface area (Å²) in [6, 6.07) is 0. The molecule has 0 aliphatic carbocycles. The minimum atomic E-state index is -1.94. The van der Waals surface area contributed by atoms with E-state index in [1.807, 2.05) is 0 Å². The average Bonchev–Trinajstić information content (AvgIpc) is 2.16. The van der Waals surface area contributed by atoms with E-state index < -0.39 is 28.4 Å². The van der Waals surface area contributed by atoms with E-state index in [2.05, 4.69) is 17.2 Å². The topological polar surface area (TPSA) is 95.5 Å². The maximum Gasteiger partial charge on any atom is 0.245 e. The van der Waals surface area contributed by atoms with Gasteiger partial charge in [0.05, 0.1) is 5.75 Å². The van der Waals surface area contributed by atoms with Crippen molar-refractivity contribution in [2.75, 3.05) is 12.3 Å². The lowest BCUT2D eigenvalue weighted by molar-refractivity contribution is -0.130. The summed E-state index contributed by atoms with van der Waals surface area (Å²) in [5.74, 6) is -0.920. The molecule has 0 radical (unpaired) electrons. The van der Waals surface area contributed by atoms with Gasteiger partial charge in [0.25, 0.3) is 0 Å². The predicted molar refractivity (Wildman–Crippen MR) is 61.1 cm³/mol. The summed E-state index contributed by atoms with van der Waals surface area (Å²) in [6.45, 7) is 6.41. The Labute approximate surface area is 96.8 Å². The fourth-order valence-corrected chi connectivity index (χ4v) is 1.17. The Morgan fingerprint density at radius 1 is 1.50 bits per heavy atom. The third-order valence-corrected chi connectivity index (χ3v) is 2.30. The molecule has 0 aliphatic heterocycles. The van der Waals surface area contributed by atoms with Crippen LogP contribution in [0.4, 0.5) is 0 Å². The fourth-order valence-electron chi connectivity index (χ4n) is 0.889. The van der Waals surface area contributed by atoms with Crippen LogP contribution in [0.25, 0.3) is 0 Å². The number of hydrogen-bond acceptors (Lipinski definition) is 3. The first-order valence-electron chi connectivity index (χ1n) is 4.60. The fraction of sp³-hybridized carbons (Fsp3) is 0.556. The van der Waals surface area contributed by atoms with Crippen LogP contribution < -0.4 is 10.6 Å². The van der Waals surface area contributed by atoms with Crippen molar-refractivity contribution in [3.63, 3.8) is 0 Å². The molecular weight excluding hydrogens is 232 g/mol. The lowest BCUT2D eigenvalue weighted by atomic mass is 10.0. The van der Waals surface area contributed by atoms with Gasteiger partial charge >= 0.3 is 0 Å². The zero-order valence-corrected chi connectivity index (χ0v) is 10.1. The van der Waals surface area contributed by atoms with Crippen LogP contribution in [0.15, 0.2) is 12.7 Å². The standard InChI is InChI=1S/C9H16N2O4S/c1-4-7(12)11-9(2,3)8(13)10-5-6-16(14)15/h4H,1,5-6H2,2-3H3,(H,10,13)(H,11,12)(H,14,15). The molecule has 0 aromatic rings. The highest BCUT2D eigenvalue weighted by atomic mass is 32.2. The highest BCUT2D eigenvalue weighted by Gasteiger charge is 2.28. The summed E-state index contributed by atoms with van der Waals surface area (Å²) in [5.41, 5.74) is -1.08. The lowest BCUT2D eigenvalue weighted by Gasteiger charge is -2.24. The van der Waals surface area contributed by atoms with Gasteiger partial charge < -0.3 is 15.2 Å². The van der Waals surface area contributed by atoms with Crippen LogP contribution in [0.3, 0.4) is 0 Å². The molecule has 0 spiro atoms. The number of hydrogen-bond donors (Lipinski definition) is 3. The SMILES string of the molecule is C=CC(=O)NC(C)(C)C(=O)NCCS(=O)O. The van der Waals surface area contributed by atoms with E-state index in [0.29, 0.717) is 0 Å². The van der Waals surface area contributed by atoms with Gasteiger partial charge in [0, 0.05) is 6.54 Å². The molecule has 0 bridgehead atoms. The molecule has 0 aliphatic rings. The summed E-state index contributed by atoms with van der Waals surface area (Å²) in [5, 5.41) is 4.88. The van der Waals surface area contributed by atoms with Crippen LogP contribution in [0.5, 0.6) is 0 Å². The second-order valence-electron chi connectivity index (χ2n) is 3.60. The summed E-state index contributed by atoms with van der Waals surface area (Å²) >= 11 is -1.94. The molecule has 0 heterocycles. The first kappa shape index (κ1) is 14.8. The average molecular weight is 248 g/mol. The van der Waals surface area contributed by atoms with E-state index in [0.717, 1.165) is 6.08 Å². The van der Waals surface area contributed by atoms with Gasteiger partial charge in [0.2, 0.25) is 11.8 Å². The van der Waals surface area contributed by atoms with Crippen LogP contribution in [-0.4, -0.2) is 38.4 Å². The number of carbonyl (C=O) groups excluding carboxylic acids is 2. The number of nitrogens with one attached hydrogen (secondary N) is 2. The van der Waals surface area contributed by atoms with Gasteiger partial charge in [0.15, 0.2) is 11.1 Å². The highest BCUT2D eigenvalue weighted by molar-refractivity contribution is 7.79. The monoisotopic (exact) mass is 248 g/mol. The quantitative estimate of drug-likeness (QED) is 0.432. The predicted octanol–water partition coefficient (Wildman–Crippen LogP) is -0.595. The van der Waals surface area contributed by atoms with Crippen LogP contribution in [0.2, 0.25) is 0 Å². The van der Waals surface area contributed by atoms with E-state index in [9.17, 15) is 13.8 Å². The van der Waals surface area contributed by atoms with Gasteiger partial charge in [-0.25, -0.2) is 4.21 Å². The van der Waals surface area contributed by atoms with E-state index in [1.54, 1.807) is 0 Å². The zero-order chi connectivity index (χ0) is 12.8. The normalized spacial score (nSPS) is 12.7. The van der Waals surface area contributed by atoms with E-state index in [-0.39, 0.29) is 12.3 Å². The molecule has 3 N–H and O–H groups in total. The Kier molecular flexibility index (Phi) is 5.91. The molecule has 1 atom stereocenters. The van der Waals surface area contributed by atoms with Crippen molar-refractivity contribution in [1.82, 2.24) is 10.6 Å². The Balaban J connectivity index is 4.18. The maximum absolute atomic E-state index is 11.6. The molecule has 0 saturated carbocycles. The van der Waals surface area contributed by atoms with Crippen LogP contribution in [0, 0.1) is 0 Å². The first-order chi connectivity index (χ1) is 7.29. The first-order valence-corrected chi connectivity index (χ1v) is 5.87. The molecular formula is C9H16N2O4S. The molecule has 1 unspecified atom stereocenters. The Morgan fingerprint density at radius 2 is 2.06 bits per heavy atom. The molecule has 0 aromatic carbocycles. The lowest BCUT2D eigenvalue weighted by Crippen LogP contribution is -2.54. The van der Waals surface area contributed by atoms with Crippen LogP contribution >= 0.6 is 0 Å². The summed E-state index contributed by atoms with van der Waals surface area (Å²) in [6.07, 6.45) is 1.07. The number of rotatable bonds is 6. The van der Waals surface area contributed by atoms with Crippen molar-refractivity contribution >= 4 is 22.9 Å².